The van der Waals surface area contributed by atoms with Crippen LogP contribution in [0.2, 0.25) is 0 Å². The summed E-state index contributed by atoms with van der Waals surface area (Å²) in [6.07, 6.45) is 4.40. The maximum atomic E-state index is 12.2. The molecule has 5 fully saturated rings. The Morgan fingerprint density at radius 3 is 2.67 bits per heavy atom. The molecule has 5 rings (SSSR count). The molecule has 5 aliphatic rings. The SMILES string of the molecule is O=C1[C@@H]2C[C@H]3C[C@@H](C2)C2(OCCO2)[C@@H]1C3. The highest BCUT2D eigenvalue weighted by molar-refractivity contribution is 5.86. The van der Waals surface area contributed by atoms with E-state index in [-0.39, 0.29) is 5.92 Å². The standard InChI is InChI=1S/C12H16O3/c13-11-8-3-7-4-9(6-8)12(10(11)5-7)14-1-2-15-12/h7-10H,1-6H2/t7-,8+,9-,10+/m0/s1. The molecule has 0 aromatic heterocycles. The molecule has 0 aromatic carbocycles. The van der Waals surface area contributed by atoms with E-state index in [4.69, 9.17) is 9.47 Å². The first kappa shape index (κ1) is 8.71. The van der Waals surface area contributed by atoms with Crippen LogP contribution >= 0.6 is 0 Å². The quantitative estimate of drug-likeness (QED) is 0.603. The van der Waals surface area contributed by atoms with Crippen molar-refractivity contribution in [3.8, 4) is 0 Å². The summed E-state index contributed by atoms with van der Waals surface area (Å²) in [5.74, 6) is 1.63. The lowest BCUT2D eigenvalue weighted by Crippen LogP contribution is -2.62. The van der Waals surface area contributed by atoms with Gasteiger partial charge in [0.15, 0.2) is 5.79 Å². The van der Waals surface area contributed by atoms with Crippen LogP contribution in [0.4, 0.5) is 0 Å². The summed E-state index contributed by atoms with van der Waals surface area (Å²) in [7, 11) is 0. The smallest absolute Gasteiger partial charge is 0.181 e. The van der Waals surface area contributed by atoms with Crippen molar-refractivity contribution in [3.05, 3.63) is 0 Å². The third kappa shape index (κ3) is 0.918. The first-order valence-electron chi connectivity index (χ1n) is 6.11. The number of ether oxygens (including phenoxy) is 2. The summed E-state index contributed by atoms with van der Waals surface area (Å²) in [6.45, 7) is 1.35. The Balaban J connectivity index is 1.79. The average molecular weight is 208 g/mol. The van der Waals surface area contributed by atoms with E-state index < -0.39 is 5.79 Å². The fourth-order valence-corrected chi connectivity index (χ4v) is 4.45. The van der Waals surface area contributed by atoms with Crippen LogP contribution in [-0.2, 0) is 14.3 Å². The Morgan fingerprint density at radius 1 is 1.07 bits per heavy atom. The van der Waals surface area contributed by atoms with Crippen LogP contribution in [0, 0.1) is 23.7 Å². The largest absolute Gasteiger partial charge is 0.346 e. The molecule has 0 radical (unpaired) electrons. The fourth-order valence-electron chi connectivity index (χ4n) is 4.45. The van der Waals surface area contributed by atoms with E-state index in [1.165, 1.54) is 6.42 Å². The van der Waals surface area contributed by atoms with Gasteiger partial charge in [-0.15, -0.1) is 0 Å². The van der Waals surface area contributed by atoms with E-state index in [1.54, 1.807) is 0 Å². The van der Waals surface area contributed by atoms with Crippen LogP contribution in [0.15, 0.2) is 0 Å². The number of rotatable bonds is 0. The van der Waals surface area contributed by atoms with Crippen molar-refractivity contribution in [2.75, 3.05) is 13.2 Å². The summed E-state index contributed by atoms with van der Waals surface area (Å²) in [4.78, 5) is 12.2. The molecular weight excluding hydrogens is 192 g/mol. The lowest BCUT2D eigenvalue weighted by Gasteiger charge is -2.56. The van der Waals surface area contributed by atoms with E-state index in [1.807, 2.05) is 0 Å². The number of hydrogen-bond acceptors (Lipinski definition) is 3. The number of hydrogen-bond donors (Lipinski definition) is 0. The molecule has 0 N–H and O–H groups in total. The number of Topliss-reactive ketones (excluding diaryl/α,β-unsaturated/α-hetero) is 1. The van der Waals surface area contributed by atoms with Gasteiger partial charge in [0, 0.05) is 11.8 Å². The van der Waals surface area contributed by atoms with Crippen molar-refractivity contribution in [1.29, 1.82) is 0 Å². The molecule has 15 heavy (non-hydrogen) atoms. The van der Waals surface area contributed by atoms with Crippen LogP contribution < -0.4 is 0 Å². The second-order valence-electron chi connectivity index (χ2n) is 5.58. The molecule has 1 spiro atoms. The molecule has 4 aliphatic carbocycles. The van der Waals surface area contributed by atoms with E-state index in [0.717, 1.165) is 25.2 Å². The predicted octanol–water partition coefficient (Wildman–Crippen LogP) is 1.36. The maximum absolute atomic E-state index is 12.2. The van der Waals surface area contributed by atoms with E-state index >= 15 is 0 Å². The molecule has 82 valence electrons. The van der Waals surface area contributed by atoms with Gasteiger partial charge in [-0.25, -0.2) is 0 Å². The van der Waals surface area contributed by atoms with Crippen molar-refractivity contribution in [3.63, 3.8) is 0 Å². The highest BCUT2D eigenvalue weighted by atomic mass is 16.7. The molecule has 4 atom stereocenters. The Hall–Kier alpha value is -0.410. The van der Waals surface area contributed by atoms with Crippen molar-refractivity contribution in [2.24, 2.45) is 23.7 Å². The summed E-state index contributed by atoms with van der Waals surface area (Å²) >= 11 is 0. The summed E-state index contributed by atoms with van der Waals surface area (Å²) < 4.78 is 11.7. The Bertz CT molecular complexity index is 319. The third-order valence-corrected chi connectivity index (χ3v) is 4.91. The Labute approximate surface area is 89.1 Å². The second kappa shape index (κ2) is 2.64. The van der Waals surface area contributed by atoms with E-state index in [2.05, 4.69) is 0 Å². The van der Waals surface area contributed by atoms with Crippen LogP contribution in [0.5, 0.6) is 0 Å². The number of carbonyl (C=O) groups excluding carboxylic acids is 1. The molecule has 1 saturated heterocycles. The van der Waals surface area contributed by atoms with Gasteiger partial charge in [-0.2, -0.15) is 0 Å². The molecule has 1 heterocycles. The maximum Gasteiger partial charge on any atom is 0.181 e. The zero-order valence-corrected chi connectivity index (χ0v) is 8.78. The minimum atomic E-state index is -0.482. The van der Waals surface area contributed by atoms with Crippen molar-refractivity contribution < 1.29 is 14.3 Å². The second-order valence-corrected chi connectivity index (χ2v) is 5.58. The molecule has 0 amide bonds. The highest BCUT2D eigenvalue weighted by Crippen LogP contribution is 2.59. The molecule has 4 bridgehead atoms. The minimum absolute atomic E-state index is 0.0660. The Kier molecular flexibility index (Phi) is 1.53. The highest BCUT2D eigenvalue weighted by Gasteiger charge is 2.64. The monoisotopic (exact) mass is 208 g/mol. The normalized spacial score (nSPS) is 50.5. The Morgan fingerprint density at radius 2 is 1.87 bits per heavy atom. The van der Waals surface area contributed by atoms with Gasteiger partial charge in [0.05, 0.1) is 19.1 Å². The predicted molar refractivity (Wildman–Crippen MR) is 52.1 cm³/mol. The molecule has 0 aromatic rings. The van der Waals surface area contributed by atoms with Crippen LogP contribution in [-0.4, -0.2) is 24.8 Å². The zero-order chi connectivity index (χ0) is 10.0. The molecular formula is C12H16O3. The molecule has 4 saturated carbocycles. The van der Waals surface area contributed by atoms with Crippen LogP contribution in [0.3, 0.4) is 0 Å². The first-order chi connectivity index (χ1) is 7.29. The molecule has 3 nitrogen and oxygen atoms in total. The van der Waals surface area contributed by atoms with Gasteiger partial charge in [0.2, 0.25) is 0 Å². The van der Waals surface area contributed by atoms with E-state index in [0.29, 0.717) is 30.8 Å². The topological polar surface area (TPSA) is 35.5 Å². The van der Waals surface area contributed by atoms with Crippen molar-refractivity contribution >= 4 is 5.78 Å². The van der Waals surface area contributed by atoms with Gasteiger partial charge in [-0.1, -0.05) is 0 Å². The van der Waals surface area contributed by atoms with Gasteiger partial charge in [-0.3, -0.25) is 4.79 Å². The van der Waals surface area contributed by atoms with Gasteiger partial charge in [-0.05, 0) is 31.6 Å². The fraction of sp³-hybridized carbons (Fsp3) is 0.917. The molecule has 0 unspecified atom stereocenters. The number of ketones is 1. The van der Waals surface area contributed by atoms with Crippen molar-refractivity contribution in [1.82, 2.24) is 0 Å². The van der Waals surface area contributed by atoms with Crippen LogP contribution in [0.25, 0.3) is 0 Å². The lowest BCUT2D eigenvalue weighted by atomic mass is 9.53. The van der Waals surface area contributed by atoms with Gasteiger partial charge in [0.25, 0.3) is 0 Å². The third-order valence-electron chi connectivity index (χ3n) is 4.91. The van der Waals surface area contributed by atoms with Gasteiger partial charge in [0.1, 0.15) is 5.78 Å². The summed E-state index contributed by atoms with van der Waals surface area (Å²) in [5.41, 5.74) is 0. The zero-order valence-electron chi connectivity index (χ0n) is 8.78. The summed E-state index contributed by atoms with van der Waals surface area (Å²) in [6, 6.07) is 0. The first-order valence-corrected chi connectivity index (χ1v) is 6.11. The van der Waals surface area contributed by atoms with E-state index in [9.17, 15) is 4.79 Å². The van der Waals surface area contributed by atoms with Crippen molar-refractivity contribution in [2.45, 2.75) is 31.5 Å². The summed E-state index contributed by atoms with van der Waals surface area (Å²) in [5, 5.41) is 0. The molecule has 1 aliphatic heterocycles. The van der Waals surface area contributed by atoms with Gasteiger partial charge >= 0.3 is 0 Å². The average Bonchev–Trinajstić information content (AvgIpc) is 2.71. The molecule has 3 heteroatoms. The number of carbonyl (C=O) groups is 1. The minimum Gasteiger partial charge on any atom is -0.346 e. The lowest BCUT2D eigenvalue weighted by molar-refractivity contribution is -0.273. The van der Waals surface area contributed by atoms with Gasteiger partial charge < -0.3 is 9.47 Å². The van der Waals surface area contributed by atoms with Crippen LogP contribution in [0.1, 0.15) is 25.7 Å².